The van der Waals surface area contributed by atoms with E-state index in [4.69, 9.17) is 9.84 Å². The number of carboxylic acids is 1. The van der Waals surface area contributed by atoms with Gasteiger partial charge in [0.1, 0.15) is 12.4 Å². The highest BCUT2D eigenvalue weighted by Crippen LogP contribution is 2.23. The van der Waals surface area contributed by atoms with E-state index in [-0.39, 0.29) is 5.56 Å². The van der Waals surface area contributed by atoms with Gasteiger partial charge in [-0.05, 0) is 35.9 Å². The van der Waals surface area contributed by atoms with Crippen molar-refractivity contribution in [2.24, 2.45) is 0 Å². The normalized spacial score (nSPS) is 10.2. The van der Waals surface area contributed by atoms with Crippen LogP contribution in [0.3, 0.4) is 0 Å². The molecule has 98 valence electrons. The van der Waals surface area contributed by atoms with Crippen LogP contribution in [-0.4, -0.2) is 11.1 Å². The molecule has 0 aliphatic carbocycles. The predicted octanol–water partition coefficient (Wildman–Crippen LogP) is 4.49. The fraction of sp³-hybridized carbons (Fsp3) is 0.0714. The molecule has 2 rings (SSSR count). The number of hydrogen-bond acceptors (Lipinski definition) is 2. The molecule has 0 heterocycles. The zero-order valence-electron chi connectivity index (χ0n) is 9.77. The van der Waals surface area contributed by atoms with Gasteiger partial charge >= 0.3 is 5.97 Å². The molecule has 0 saturated heterocycles. The summed E-state index contributed by atoms with van der Waals surface area (Å²) in [7, 11) is 0. The Morgan fingerprint density at radius 1 is 1.11 bits per heavy atom. The quantitative estimate of drug-likeness (QED) is 0.843. The summed E-state index contributed by atoms with van der Waals surface area (Å²) in [5.74, 6) is -0.458. The van der Waals surface area contributed by atoms with E-state index in [0.29, 0.717) is 16.8 Å². The zero-order chi connectivity index (χ0) is 13.8. The zero-order valence-corrected chi connectivity index (χ0v) is 12.9. The number of aromatic carboxylic acids is 1. The van der Waals surface area contributed by atoms with Crippen LogP contribution in [0.25, 0.3) is 0 Å². The Labute approximate surface area is 127 Å². The largest absolute Gasteiger partial charge is 0.489 e. The Morgan fingerprint density at radius 3 is 2.58 bits per heavy atom. The summed E-state index contributed by atoms with van der Waals surface area (Å²) in [6, 6.07) is 12.5. The van der Waals surface area contributed by atoms with E-state index >= 15 is 0 Å². The first-order chi connectivity index (χ1) is 9.04. The topological polar surface area (TPSA) is 46.5 Å². The van der Waals surface area contributed by atoms with Crippen molar-refractivity contribution in [2.75, 3.05) is 0 Å². The van der Waals surface area contributed by atoms with Gasteiger partial charge in [0.25, 0.3) is 0 Å². The van der Waals surface area contributed by atoms with Crippen LogP contribution in [0, 0.1) is 0 Å². The molecule has 0 unspecified atom stereocenters. The number of ether oxygens (including phenoxy) is 1. The third-order valence-electron chi connectivity index (χ3n) is 2.41. The molecular weight excluding hydrogens is 376 g/mol. The predicted molar refractivity (Wildman–Crippen MR) is 79.6 cm³/mol. The molecule has 3 nitrogen and oxygen atoms in total. The molecule has 2 aromatic carbocycles. The summed E-state index contributed by atoms with van der Waals surface area (Å²) < 4.78 is 7.26. The molecule has 0 spiro atoms. The van der Waals surface area contributed by atoms with Gasteiger partial charge in [0, 0.05) is 8.95 Å². The summed E-state index contributed by atoms with van der Waals surface area (Å²) in [6.07, 6.45) is 0. The fourth-order valence-corrected chi connectivity index (χ4v) is 2.48. The number of hydrogen-bond donors (Lipinski definition) is 1. The van der Waals surface area contributed by atoms with Gasteiger partial charge in [-0.15, -0.1) is 0 Å². The second kappa shape index (κ2) is 6.21. The van der Waals surface area contributed by atoms with Gasteiger partial charge in [0.2, 0.25) is 0 Å². The molecule has 0 bridgehead atoms. The van der Waals surface area contributed by atoms with Crippen LogP contribution < -0.4 is 4.74 Å². The maximum Gasteiger partial charge on any atom is 0.335 e. The van der Waals surface area contributed by atoms with Crippen molar-refractivity contribution in [3.8, 4) is 5.75 Å². The van der Waals surface area contributed by atoms with Crippen molar-refractivity contribution in [1.29, 1.82) is 0 Å². The monoisotopic (exact) mass is 384 g/mol. The first kappa shape index (κ1) is 14.1. The molecule has 19 heavy (non-hydrogen) atoms. The van der Waals surface area contributed by atoms with Crippen molar-refractivity contribution in [3.63, 3.8) is 0 Å². The Balaban J connectivity index is 2.13. The average molecular weight is 386 g/mol. The lowest BCUT2D eigenvalue weighted by Gasteiger charge is -2.08. The maximum absolute atomic E-state index is 10.9. The van der Waals surface area contributed by atoms with Crippen LogP contribution in [0.15, 0.2) is 51.4 Å². The van der Waals surface area contributed by atoms with Gasteiger partial charge in [-0.2, -0.15) is 0 Å². The van der Waals surface area contributed by atoms with E-state index in [1.165, 1.54) is 12.1 Å². The number of carboxylic acid groups (broad SMARTS) is 1. The van der Waals surface area contributed by atoms with E-state index < -0.39 is 5.97 Å². The fourth-order valence-electron chi connectivity index (χ4n) is 1.56. The van der Waals surface area contributed by atoms with Crippen LogP contribution in [-0.2, 0) is 6.61 Å². The summed E-state index contributed by atoms with van der Waals surface area (Å²) in [4.78, 5) is 10.9. The highest BCUT2D eigenvalue weighted by atomic mass is 79.9. The smallest absolute Gasteiger partial charge is 0.335 e. The van der Waals surface area contributed by atoms with Gasteiger partial charge in [0.15, 0.2) is 0 Å². The molecule has 0 atom stereocenters. The molecular formula is C14H10Br2O3. The first-order valence-corrected chi connectivity index (χ1v) is 7.04. The van der Waals surface area contributed by atoms with E-state index in [9.17, 15) is 4.79 Å². The maximum atomic E-state index is 10.9. The van der Waals surface area contributed by atoms with Crippen LogP contribution in [0.5, 0.6) is 5.75 Å². The summed E-state index contributed by atoms with van der Waals surface area (Å²) >= 11 is 6.66. The minimum atomic E-state index is -0.978. The third-order valence-corrected chi connectivity index (χ3v) is 3.36. The van der Waals surface area contributed by atoms with E-state index in [0.717, 1.165) is 10.0 Å². The lowest BCUT2D eigenvalue weighted by atomic mass is 10.2. The second-order valence-corrected chi connectivity index (χ2v) is 5.73. The lowest BCUT2D eigenvalue weighted by Crippen LogP contribution is -1.99. The van der Waals surface area contributed by atoms with Crippen LogP contribution in [0.1, 0.15) is 15.9 Å². The van der Waals surface area contributed by atoms with Crippen LogP contribution >= 0.6 is 31.9 Å². The van der Waals surface area contributed by atoms with Crippen LogP contribution in [0.2, 0.25) is 0 Å². The van der Waals surface area contributed by atoms with Gasteiger partial charge in [-0.25, -0.2) is 4.79 Å². The van der Waals surface area contributed by atoms with Crippen LogP contribution in [0.4, 0.5) is 0 Å². The third kappa shape index (κ3) is 4.08. The molecule has 0 fully saturated rings. The Kier molecular flexibility index (Phi) is 4.61. The Morgan fingerprint density at radius 2 is 1.89 bits per heavy atom. The number of carbonyl (C=O) groups is 1. The minimum Gasteiger partial charge on any atom is -0.489 e. The van der Waals surface area contributed by atoms with Gasteiger partial charge in [0.05, 0.1) is 5.56 Å². The second-order valence-electron chi connectivity index (χ2n) is 3.90. The highest BCUT2D eigenvalue weighted by molar-refractivity contribution is 9.10. The van der Waals surface area contributed by atoms with E-state index in [1.807, 2.05) is 24.3 Å². The van der Waals surface area contributed by atoms with E-state index in [1.54, 1.807) is 6.07 Å². The van der Waals surface area contributed by atoms with E-state index in [2.05, 4.69) is 31.9 Å². The molecule has 5 heteroatoms. The van der Waals surface area contributed by atoms with Crippen molar-refractivity contribution in [1.82, 2.24) is 0 Å². The Bertz CT molecular complexity index is 611. The number of rotatable bonds is 4. The average Bonchev–Trinajstić information content (AvgIpc) is 2.36. The molecule has 0 aromatic heterocycles. The first-order valence-electron chi connectivity index (χ1n) is 5.46. The van der Waals surface area contributed by atoms with Gasteiger partial charge < -0.3 is 9.84 Å². The van der Waals surface area contributed by atoms with Crippen molar-refractivity contribution in [2.45, 2.75) is 6.61 Å². The van der Waals surface area contributed by atoms with Gasteiger partial charge in [-0.1, -0.05) is 44.0 Å². The standard InChI is InChI=1S/C14H10Br2O3/c15-11-3-1-2-9(4-11)8-19-13-6-10(14(17)18)5-12(16)7-13/h1-7H,8H2,(H,17,18). The molecule has 0 aliphatic heterocycles. The molecule has 2 aromatic rings. The number of benzene rings is 2. The molecule has 0 radical (unpaired) electrons. The SMILES string of the molecule is O=C(O)c1cc(Br)cc(OCc2cccc(Br)c2)c1. The summed E-state index contributed by atoms with van der Waals surface area (Å²) in [5.41, 5.74) is 1.20. The van der Waals surface area contributed by atoms with Crippen molar-refractivity contribution < 1.29 is 14.6 Å². The molecule has 0 aliphatic rings. The molecule has 0 amide bonds. The van der Waals surface area contributed by atoms with Crippen molar-refractivity contribution >= 4 is 37.8 Å². The molecule has 1 N–H and O–H groups in total. The Hall–Kier alpha value is -1.33. The van der Waals surface area contributed by atoms with Crippen molar-refractivity contribution in [3.05, 3.63) is 62.5 Å². The molecule has 0 saturated carbocycles. The summed E-state index contributed by atoms with van der Waals surface area (Å²) in [5, 5.41) is 8.97. The summed E-state index contributed by atoms with van der Waals surface area (Å²) in [6.45, 7) is 0.384. The van der Waals surface area contributed by atoms with Gasteiger partial charge in [-0.3, -0.25) is 0 Å². The highest BCUT2D eigenvalue weighted by Gasteiger charge is 2.07. The lowest BCUT2D eigenvalue weighted by molar-refractivity contribution is 0.0696. The number of halogens is 2. The minimum absolute atomic E-state index is 0.193.